The van der Waals surface area contributed by atoms with Gasteiger partial charge in [0, 0.05) is 10.0 Å². The van der Waals surface area contributed by atoms with Crippen molar-refractivity contribution in [1.29, 1.82) is 0 Å². The van der Waals surface area contributed by atoms with Gasteiger partial charge >= 0.3 is 0 Å². The standard InChI is InChI=1S/C22H19Cl2N3O3S/c1-16-7-9-21(10-8-16)31(29,30)27(20-12-18(23)11-19(24)13-20)15-22(28)26-25-14-17-5-3-2-4-6-17/h2-14H,15H2,1H3,(H,26,28)/b25-14-. The van der Waals surface area contributed by atoms with Gasteiger partial charge in [-0.15, -0.1) is 0 Å². The zero-order chi connectivity index (χ0) is 22.4. The minimum absolute atomic E-state index is 0.0368. The van der Waals surface area contributed by atoms with E-state index in [9.17, 15) is 13.2 Å². The maximum atomic E-state index is 13.3. The topological polar surface area (TPSA) is 78.8 Å². The van der Waals surface area contributed by atoms with Crippen LogP contribution in [0.25, 0.3) is 0 Å². The fraction of sp³-hybridized carbons (Fsp3) is 0.0909. The summed E-state index contributed by atoms with van der Waals surface area (Å²) >= 11 is 12.1. The van der Waals surface area contributed by atoms with E-state index in [1.54, 1.807) is 12.1 Å². The number of amides is 1. The molecular weight excluding hydrogens is 457 g/mol. The monoisotopic (exact) mass is 475 g/mol. The SMILES string of the molecule is Cc1ccc(S(=O)(=O)N(CC(=O)N/N=C\c2ccccc2)c2cc(Cl)cc(Cl)c2)cc1. The van der Waals surface area contributed by atoms with Crippen LogP contribution in [0.3, 0.4) is 0 Å². The molecule has 3 rings (SSSR count). The zero-order valence-corrected chi connectivity index (χ0v) is 18.8. The summed E-state index contributed by atoms with van der Waals surface area (Å²) in [4.78, 5) is 12.6. The molecule has 0 aliphatic heterocycles. The van der Waals surface area contributed by atoms with Crippen LogP contribution in [0.5, 0.6) is 0 Å². The predicted octanol–water partition coefficient (Wildman–Crippen LogP) is 4.65. The fourth-order valence-corrected chi connectivity index (χ4v) is 4.64. The van der Waals surface area contributed by atoms with Crippen molar-refractivity contribution < 1.29 is 13.2 Å². The number of sulfonamides is 1. The van der Waals surface area contributed by atoms with Crippen molar-refractivity contribution in [3.63, 3.8) is 0 Å². The molecule has 0 spiro atoms. The van der Waals surface area contributed by atoms with Crippen LogP contribution in [0, 0.1) is 6.92 Å². The maximum Gasteiger partial charge on any atom is 0.264 e. The lowest BCUT2D eigenvalue weighted by molar-refractivity contribution is -0.119. The lowest BCUT2D eigenvalue weighted by atomic mass is 10.2. The summed E-state index contributed by atoms with van der Waals surface area (Å²) in [6.07, 6.45) is 1.47. The molecule has 0 saturated heterocycles. The fourth-order valence-electron chi connectivity index (χ4n) is 2.72. The highest BCUT2D eigenvalue weighted by Gasteiger charge is 2.27. The van der Waals surface area contributed by atoms with Crippen LogP contribution in [-0.4, -0.2) is 27.1 Å². The highest BCUT2D eigenvalue weighted by molar-refractivity contribution is 7.92. The van der Waals surface area contributed by atoms with Crippen LogP contribution in [-0.2, 0) is 14.8 Å². The number of hydrogen-bond acceptors (Lipinski definition) is 4. The molecule has 0 heterocycles. The molecular formula is C22H19Cl2N3O3S. The van der Waals surface area contributed by atoms with Crippen molar-refractivity contribution in [1.82, 2.24) is 5.43 Å². The molecule has 0 aliphatic rings. The third kappa shape index (κ3) is 6.07. The Kier molecular flexibility index (Phi) is 7.33. The first-order valence-electron chi connectivity index (χ1n) is 9.18. The number of hydrogen-bond donors (Lipinski definition) is 1. The molecule has 1 amide bonds. The number of anilines is 1. The molecule has 0 unspecified atom stereocenters. The van der Waals surface area contributed by atoms with Crippen LogP contribution in [0.15, 0.2) is 82.8 Å². The number of rotatable bonds is 7. The summed E-state index contributed by atoms with van der Waals surface area (Å²) in [5.74, 6) is -0.626. The third-order valence-electron chi connectivity index (χ3n) is 4.23. The summed E-state index contributed by atoms with van der Waals surface area (Å²) in [7, 11) is -4.07. The summed E-state index contributed by atoms with van der Waals surface area (Å²) < 4.78 is 27.6. The molecule has 0 fully saturated rings. The predicted molar refractivity (Wildman–Crippen MR) is 124 cm³/mol. The smallest absolute Gasteiger partial charge is 0.264 e. The van der Waals surface area contributed by atoms with Crippen molar-refractivity contribution in [3.8, 4) is 0 Å². The van der Waals surface area contributed by atoms with Gasteiger partial charge in [-0.3, -0.25) is 9.10 Å². The Balaban J connectivity index is 1.89. The van der Waals surface area contributed by atoms with E-state index in [0.29, 0.717) is 0 Å². The number of carbonyl (C=O) groups is 1. The minimum atomic E-state index is -4.07. The van der Waals surface area contributed by atoms with Crippen molar-refractivity contribution in [2.75, 3.05) is 10.8 Å². The molecule has 0 atom stereocenters. The Labute approximate surface area is 191 Å². The molecule has 9 heteroatoms. The van der Waals surface area contributed by atoms with Crippen LogP contribution in [0.4, 0.5) is 5.69 Å². The van der Waals surface area contributed by atoms with Gasteiger partial charge in [-0.2, -0.15) is 5.10 Å². The van der Waals surface area contributed by atoms with Gasteiger partial charge in [0.15, 0.2) is 0 Å². The largest absolute Gasteiger partial charge is 0.271 e. The van der Waals surface area contributed by atoms with Crippen molar-refractivity contribution in [2.45, 2.75) is 11.8 Å². The number of nitrogens with zero attached hydrogens (tertiary/aromatic N) is 2. The van der Waals surface area contributed by atoms with Crippen LogP contribution in [0.2, 0.25) is 10.0 Å². The van der Waals surface area contributed by atoms with E-state index in [2.05, 4.69) is 10.5 Å². The van der Waals surface area contributed by atoms with E-state index in [1.807, 2.05) is 37.3 Å². The average molecular weight is 476 g/mol. The van der Waals surface area contributed by atoms with Gasteiger partial charge in [-0.05, 0) is 42.8 Å². The van der Waals surface area contributed by atoms with Gasteiger partial charge in [0.1, 0.15) is 6.54 Å². The van der Waals surface area contributed by atoms with E-state index in [4.69, 9.17) is 23.2 Å². The highest BCUT2D eigenvalue weighted by atomic mass is 35.5. The van der Waals surface area contributed by atoms with Gasteiger partial charge in [-0.1, -0.05) is 71.2 Å². The summed E-state index contributed by atoms with van der Waals surface area (Å²) in [6.45, 7) is 1.34. The van der Waals surface area contributed by atoms with Crippen LogP contribution in [0.1, 0.15) is 11.1 Å². The Morgan fingerprint density at radius 3 is 2.23 bits per heavy atom. The van der Waals surface area contributed by atoms with Crippen LogP contribution >= 0.6 is 23.2 Å². The van der Waals surface area contributed by atoms with Gasteiger partial charge in [-0.25, -0.2) is 13.8 Å². The number of hydrazone groups is 1. The molecule has 3 aromatic carbocycles. The number of nitrogens with one attached hydrogen (secondary N) is 1. The van der Waals surface area contributed by atoms with Gasteiger partial charge in [0.2, 0.25) is 0 Å². The van der Waals surface area contributed by atoms with E-state index >= 15 is 0 Å². The van der Waals surface area contributed by atoms with Gasteiger partial charge < -0.3 is 0 Å². The summed E-state index contributed by atoms with van der Waals surface area (Å²) in [5, 5.41) is 4.38. The molecule has 6 nitrogen and oxygen atoms in total. The first-order chi connectivity index (χ1) is 14.8. The molecule has 0 aromatic heterocycles. The van der Waals surface area contributed by atoms with E-state index in [-0.39, 0.29) is 20.6 Å². The quantitative estimate of drug-likeness (QED) is 0.399. The lowest BCUT2D eigenvalue weighted by Crippen LogP contribution is -2.39. The van der Waals surface area contributed by atoms with Crippen molar-refractivity contribution >= 4 is 51.0 Å². The van der Waals surface area contributed by atoms with Crippen molar-refractivity contribution in [3.05, 3.63) is 94.0 Å². The molecule has 160 valence electrons. The number of aryl methyl sites for hydroxylation is 1. The number of carbonyl (C=O) groups excluding carboxylic acids is 1. The Morgan fingerprint density at radius 1 is 1.00 bits per heavy atom. The molecule has 0 bridgehead atoms. The Bertz CT molecular complexity index is 1180. The number of halogens is 2. The van der Waals surface area contributed by atoms with E-state index in [0.717, 1.165) is 15.4 Å². The number of benzene rings is 3. The lowest BCUT2D eigenvalue weighted by Gasteiger charge is -2.24. The normalized spacial score (nSPS) is 11.5. The van der Waals surface area contributed by atoms with E-state index < -0.39 is 22.5 Å². The minimum Gasteiger partial charge on any atom is -0.271 e. The second-order valence-corrected chi connectivity index (χ2v) is 9.39. The third-order valence-corrected chi connectivity index (χ3v) is 6.46. The first-order valence-corrected chi connectivity index (χ1v) is 11.4. The summed E-state index contributed by atoms with van der Waals surface area (Å²) in [5.41, 5.74) is 4.21. The van der Waals surface area contributed by atoms with E-state index in [1.165, 1.54) is 36.5 Å². The molecule has 0 saturated carbocycles. The maximum absolute atomic E-state index is 13.3. The molecule has 3 aromatic rings. The molecule has 31 heavy (non-hydrogen) atoms. The summed E-state index contributed by atoms with van der Waals surface area (Å²) in [6, 6.07) is 19.8. The Morgan fingerprint density at radius 2 is 1.61 bits per heavy atom. The Hall–Kier alpha value is -2.87. The second-order valence-electron chi connectivity index (χ2n) is 6.66. The average Bonchev–Trinajstić information content (AvgIpc) is 2.72. The van der Waals surface area contributed by atoms with Gasteiger partial charge in [0.25, 0.3) is 15.9 Å². The molecule has 1 N–H and O–H groups in total. The first kappa shape index (κ1) is 22.8. The molecule has 0 aliphatic carbocycles. The second kappa shape index (κ2) is 9.96. The molecule has 0 radical (unpaired) electrons. The van der Waals surface area contributed by atoms with Gasteiger partial charge in [0.05, 0.1) is 16.8 Å². The highest BCUT2D eigenvalue weighted by Crippen LogP contribution is 2.29. The van der Waals surface area contributed by atoms with Crippen molar-refractivity contribution in [2.24, 2.45) is 5.10 Å². The van der Waals surface area contributed by atoms with Crippen LogP contribution < -0.4 is 9.73 Å². The zero-order valence-electron chi connectivity index (χ0n) is 16.5.